The maximum atomic E-state index is 14.7. The van der Waals surface area contributed by atoms with Crippen molar-refractivity contribution in [3.05, 3.63) is 83.2 Å². The Balaban J connectivity index is 1.59. The van der Waals surface area contributed by atoms with Gasteiger partial charge in [-0.3, -0.25) is 4.79 Å². The number of halogens is 1. The van der Waals surface area contributed by atoms with Crippen LogP contribution in [0, 0.1) is 23.1 Å². The van der Waals surface area contributed by atoms with Crippen LogP contribution < -0.4 is 9.47 Å². The molecule has 0 spiro atoms. The van der Waals surface area contributed by atoms with E-state index in [4.69, 9.17) is 9.47 Å². The van der Waals surface area contributed by atoms with Crippen LogP contribution in [0.5, 0.6) is 11.5 Å². The Kier molecular flexibility index (Phi) is 8.99. The van der Waals surface area contributed by atoms with Crippen molar-refractivity contribution in [1.29, 1.82) is 0 Å². The molecule has 1 saturated carbocycles. The molecule has 0 bridgehead atoms. The zero-order chi connectivity index (χ0) is 28.2. The largest absolute Gasteiger partial charge is 0.497 e. The van der Waals surface area contributed by atoms with Gasteiger partial charge < -0.3 is 14.6 Å². The summed E-state index contributed by atoms with van der Waals surface area (Å²) in [6.07, 6.45) is 4.56. The van der Waals surface area contributed by atoms with E-state index in [0.717, 1.165) is 53.7 Å². The van der Waals surface area contributed by atoms with E-state index in [1.807, 2.05) is 37.3 Å². The van der Waals surface area contributed by atoms with Crippen molar-refractivity contribution in [1.82, 2.24) is 0 Å². The summed E-state index contributed by atoms with van der Waals surface area (Å²) in [4.78, 5) is 12.0. The first-order valence-electron chi connectivity index (χ1n) is 14.0. The van der Waals surface area contributed by atoms with Gasteiger partial charge in [0.15, 0.2) is 0 Å². The highest BCUT2D eigenvalue weighted by atomic mass is 19.1. The first-order valence-corrected chi connectivity index (χ1v) is 14.0. The van der Waals surface area contributed by atoms with Crippen molar-refractivity contribution in [3.8, 4) is 22.6 Å². The Morgan fingerprint density at radius 3 is 2.49 bits per heavy atom. The average Bonchev–Trinajstić information content (AvgIpc) is 3.74. The van der Waals surface area contributed by atoms with E-state index in [1.54, 1.807) is 19.2 Å². The fourth-order valence-corrected chi connectivity index (χ4v) is 5.37. The van der Waals surface area contributed by atoms with Gasteiger partial charge in [-0.25, -0.2) is 4.39 Å². The van der Waals surface area contributed by atoms with Crippen molar-refractivity contribution in [3.63, 3.8) is 0 Å². The predicted molar refractivity (Wildman–Crippen MR) is 154 cm³/mol. The van der Waals surface area contributed by atoms with Gasteiger partial charge in [-0.05, 0) is 102 Å². The molecule has 2 atom stereocenters. The van der Waals surface area contributed by atoms with Gasteiger partial charge in [-0.1, -0.05) is 58.0 Å². The molecule has 0 aliphatic heterocycles. The fourth-order valence-electron chi connectivity index (χ4n) is 5.37. The molecular formula is C34H41FO4. The Morgan fingerprint density at radius 2 is 1.85 bits per heavy atom. The van der Waals surface area contributed by atoms with Crippen molar-refractivity contribution in [2.24, 2.45) is 17.3 Å². The second-order valence-electron chi connectivity index (χ2n) is 12.0. The quantitative estimate of drug-likeness (QED) is 0.254. The molecule has 39 heavy (non-hydrogen) atoms. The van der Waals surface area contributed by atoms with Crippen LogP contribution in [0.4, 0.5) is 4.39 Å². The molecule has 1 fully saturated rings. The lowest BCUT2D eigenvalue weighted by molar-refractivity contribution is -0.142. The molecule has 3 aromatic carbocycles. The number of methoxy groups -OCH3 is 1. The number of hydrogen-bond acceptors (Lipinski definition) is 3. The van der Waals surface area contributed by atoms with Crippen LogP contribution in [0.15, 0.2) is 60.7 Å². The molecule has 1 aliphatic carbocycles. The zero-order valence-corrected chi connectivity index (χ0v) is 23.8. The summed E-state index contributed by atoms with van der Waals surface area (Å²) in [5, 5.41) is 9.84. The Labute approximate surface area is 232 Å². The van der Waals surface area contributed by atoms with Crippen molar-refractivity contribution >= 4 is 5.97 Å². The minimum atomic E-state index is -0.716. The standard InChI is InChI=1S/C34H41FO4/c1-6-28(33(36)37)32(23-10-11-23)26-9-7-8-22(18-26)21-39-31-15-12-24(19-25(31)16-17-34(2,3)4)29-20-27(38-5)13-14-30(29)35/h7-9,12-15,18-20,23,28,32H,6,10-11,16-17,21H2,1-5H3,(H,36,37). The molecule has 0 saturated heterocycles. The number of aliphatic carboxylic acids is 1. The summed E-state index contributed by atoms with van der Waals surface area (Å²) >= 11 is 0. The molecule has 0 amide bonds. The Hall–Kier alpha value is -3.34. The van der Waals surface area contributed by atoms with Crippen molar-refractivity contribution in [2.75, 3.05) is 7.11 Å². The molecule has 4 rings (SSSR count). The molecule has 4 nitrogen and oxygen atoms in total. The summed E-state index contributed by atoms with van der Waals surface area (Å²) in [6.45, 7) is 8.97. The lowest BCUT2D eigenvalue weighted by Gasteiger charge is -2.24. The van der Waals surface area contributed by atoms with Crippen molar-refractivity contribution < 1.29 is 23.8 Å². The average molecular weight is 533 g/mol. The van der Waals surface area contributed by atoms with E-state index < -0.39 is 5.97 Å². The first-order chi connectivity index (χ1) is 18.6. The molecule has 5 heteroatoms. The topological polar surface area (TPSA) is 55.8 Å². The van der Waals surface area contributed by atoms with Crippen LogP contribution in [0.1, 0.15) is 76.0 Å². The third-order valence-electron chi connectivity index (χ3n) is 7.74. The summed E-state index contributed by atoms with van der Waals surface area (Å²) < 4.78 is 26.4. The van der Waals surface area contributed by atoms with Gasteiger partial charge in [0.25, 0.3) is 0 Å². The van der Waals surface area contributed by atoms with Crippen molar-refractivity contribution in [2.45, 2.75) is 72.3 Å². The summed E-state index contributed by atoms with van der Waals surface area (Å²) in [7, 11) is 1.58. The maximum Gasteiger partial charge on any atom is 0.307 e. The number of carboxylic acid groups (broad SMARTS) is 1. The number of hydrogen-bond donors (Lipinski definition) is 1. The number of rotatable bonds is 12. The highest BCUT2D eigenvalue weighted by Crippen LogP contribution is 2.48. The lowest BCUT2D eigenvalue weighted by Crippen LogP contribution is -2.23. The normalized spacial score (nSPS) is 15.0. The second kappa shape index (κ2) is 12.2. The maximum absolute atomic E-state index is 14.7. The van der Waals surface area contributed by atoms with E-state index >= 15 is 0 Å². The molecule has 1 N–H and O–H groups in total. The number of benzene rings is 3. The molecule has 3 aromatic rings. The smallest absolute Gasteiger partial charge is 0.307 e. The van der Waals surface area contributed by atoms with E-state index in [2.05, 4.69) is 32.9 Å². The lowest BCUT2D eigenvalue weighted by atomic mass is 9.80. The molecule has 1 aliphatic rings. The summed E-state index contributed by atoms with van der Waals surface area (Å²) in [5.41, 5.74) is 4.57. The Morgan fingerprint density at radius 1 is 1.08 bits per heavy atom. The predicted octanol–water partition coefficient (Wildman–Crippen LogP) is 8.66. The zero-order valence-electron chi connectivity index (χ0n) is 23.8. The van der Waals surface area contributed by atoms with E-state index in [0.29, 0.717) is 30.3 Å². The van der Waals surface area contributed by atoms with Crippen LogP contribution in [-0.2, 0) is 17.8 Å². The number of aryl methyl sites for hydroxylation is 1. The SMILES string of the molecule is CCC(C(=O)O)C(c1cccc(COc2ccc(-c3cc(OC)ccc3F)cc2CCC(C)(C)C)c1)C1CC1. The van der Waals surface area contributed by atoms with E-state index in [1.165, 1.54) is 6.07 Å². The molecule has 208 valence electrons. The van der Waals surface area contributed by atoms with E-state index in [-0.39, 0.29) is 23.1 Å². The third kappa shape index (κ3) is 7.40. The van der Waals surface area contributed by atoms with Gasteiger partial charge in [0.05, 0.1) is 13.0 Å². The summed E-state index contributed by atoms with van der Waals surface area (Å²) in [5.74, 6) is 0.491. The van der Waals surface area contributed by atoms with Crippen LogP contribution in [0.3, 0.4) is 0 Å². The van der Waals surface area contributed by atoms with Gasteiger partial charge in [0.2, 0.25) is 0 Å². The molecular weight excluding hydrogens is 491 g/mol. The van der Waals surface area contributed by atoms with Crippen LogP contribution in [0.25, 0.3) is 11.1 Å². The molecule has 0 heterocycles. The van der Waals surface area contributed by atoms with E-state index in [9.17, 15) is 14.3 Å². The third-order valence-corrected chi connectivity index (χ3v) is 7.74. The molecule has 2 unspecified atom stereocenters. The number of carbonyl (C=O) groups is 1. The van der Waals surface area contributed by atoms with Gasteiger partial charge in [-0.2, -0.15) is 0 Å². The van der Waals surface area contributed by atoms with Gasteiger partial charge in [-0.15, -0.1) is 0 Å². The number of ether oxygens (including phenoxy) is 2. The van der Waals surface area contributed by atoms with Crippen LogP contribution in [0.2, 0.25) is 0 Å². The minimum absolute atomic E-state index is 0.0341. The molecule has 0 radical (unpaired) electrons. The first kappa shape index (κ1) is 28.7. The van der Waals surface area contributed by atoms with Gasteiger partial charge in [0.1, 0.15) is 23.9 Å². The monoisotopic (exact) mass is 532 g/mol. The van der Waals surface area contributed by atoms with Crippen LogP contribution in [-0.4, -0.2) is 18.2 Å². The highest BCUT2D eigenvalue weighted by Gasteiger charge is 2.40. The second-order valence-corrected chi connectivity index (χ2v) is 12.0. The Bertz CT molecular complexity index is 1290. The highest BCUT2D eigenvalue weighted by molar-refractivity contribution is 5.71. The molecule has 0 aromatic heterocycles. The van der Waals surface area contributed by atoms with Crippen LogP contribution >= 0.6 is 0 Å². The van der Waals surface area contributed by atoms with Gasteiger partial charge in [0, 0.05) is 5.56 Å². The number of carboxylic acids is 1. The van der Waals surface area contributed by atoms with Gasteiger partial charge >= 0.3 is 5.97 Å². The summed E-state index contributed by atoms with van der Waals surface area (Å²) in [6, 6.07) is 18.8. The fraction of sp³-hybridized carbons (Fsp3) is 0.441. The minimum Gasteiger partial charge on any atom is -0.497 e.